The molecule has 3 heterocycles. The van der Waals surface area contributed by atoms with Gasteiger partial charge < -0.3 is 24.3 Å². The molecule has 2 aliphatic heterocycles. The van der Waals surface area contributed by atoms with E-state index < -0.39 is 45.9 Å². The van der Waals surface area contributed by atoms with Crippen molar-refractivity contribution in [3.63, 3.8) is 0 Å². The number of carbonyl (C=O) groups excluding carboxylic acids is 2. The van der Waals surface area contributed by atoms with Crippen molar-refractivity contribution in [1.82, 2.24) is 20.2 Å². The normalized spacial score (nSPS) is 22.4. The highest BCUT2D eigenvalue weighted by Gasteiger charge is 2.52. The average molecular weight is 538 g/mol. The number of amides is 2. The van der Waals surface area contributed by atoms with E-state index in [0.717, 1.165) is 0 Å². The number of nitrogens with zero attached hydrogens (tertiary/aromatic N) is 3. The molecular formula is C24H39BN4O7S. The van der Waals surface area contributed by atoms with E-state index in [4.69, 9.17) is 14.0 Å². The predicted octanol–water partition coefficient (Wildman–Crippen LogP) is 1.70. The Morgan fingerprint density at radius 2 is 1.76 bits per heavy atom. The van der Waals surface area contributed by atoms with Gasteiger partial charge in [0, 0.05) is 30.9 Å². The quantitative estimate of drug-likeness (QED) is 0.424. The number of hydrogen-bond acceptors (Lipinski definition) is 9. The number of ether oxygens (including phenoxy) is 1. The molecule has 0 spiro atoms. The number of likely N-dealkylation sites (tertiary alicyclic amines) is 1. The standard InChI is InChI=1S/C24H39BN4O7S/c1-16(28-21(31)34-22(2,3)4)19(30)29-11-9-10-17(14-29)15-37(32,33)20-26-12-18(13-27-20)25-35-23(5,6)24(7,8)36-25/h12-13,16-17H,9-11,14-15H2,1-8H3,(H,28,31)/t16-,17-/m0/s1. The van der Waals surface area contributed by atoms with Gasteiger partial charge in [0.1, 0.15) is 11.6 Å². The first-order valence-electron chi connectivity index (χ1n) is 12.6. The first kappa shape index (κ1) is 29.3. The number of nitrogens with one attached hydrogen (secondary N) is 1. The van der Waals surface area contributed by atoms with Gasteiger partial charge in [0.2, 0.25) is 20.9 Å². The summed E-state index contributed by atoms with van der Waals surface area (Å²) in [6, 6.07) is -0.795. The maximum atomic E-state index is 13.1. The van der Waals surface area contributed by atoms with E-state index in [1.54, 1.807) is 32.6 Å². The first-order valence-corrected chi connectivity index (χ1v) is 14.2. The van der Waals surface area contributed by atoms with E-state index in [2.05, 4.69) is 15.3 Å². The lowest BCUT2D eigenvalue weighted by Crippen LogP contribution is -2.51. The highest BCUT2D eigenvalue weighted by atomic mass is 32.2. The molecule has 0 unspecified atom stereocenters. The number of carbonyl (C=O) groups is 2. The van der Waals surface area contributed by atoms with Crippen LogP contribution in [0.3, 0.4) is 0 Å². The molecule has 13 heteroatoms. The maximum absolute atomic E-state index is 13.1. The summed E-state index contributed by atoms with van der Waals surface area (Å²) in [4.78, 5) is 34.7. The molecule has 0 radical (unpaired) electrons. The minimum Gasteiger partial charge on any atom is -0.444 e. The second-order valence-corrected chi connectivity index (χ2v) is 13.8. The van der Waals surface area contributed by atoms with Gasteiger partial charge in [-0.05, 0) is 74.1 Å². The summed E-state index contributed by atoms with van der Waals surface area (Å²) in [6.07, 6.45) is 3.48. The Kier molecular flexibility index (Phi) is 8.31. The molecule has 2 aliphatic rings. The molecule has 2 amide bonds. The third-order valence-electron chi connectivity index (χ3n) is 6.84. The van der Waals surface area contributed by atoms with E-state index in [9.17, 15) is 18.0 Å². The Balaban J connectivity index is 1.60. The third-order valence-corrected chi connectivity index (χ3v) is 8.52. The number of aromatic nitrogens is 2. The Labute approximate surface area is 220 Å². The molecule has 11 nitrogen and oxygen atoms in total. The van der Waals surface area contributed by atoms with Crippen LogP contribution < -0.4 is 10.8 Å². The van der Waals surface area contributed by atoms with Crippen LogP contribution >= 0.6 is 0 Å². The lowest BCUT2D eigenvalue weighted by molar-refractivity contribution is -0.134. The molecule has 0 aliphatic carbocycles. The molecule has 0 saturated carbocycles. The second kappa shape index (κ2) is 10.5. The van der Waals surface area contributed by atoms with Crippen LogP contribution in [-0.2, 0) is 28.7 Å². The summed E-state index contributed by atoms with van der Waals surface area (Å²) >= 11 is 0. The molecule has 1 aromatic heterocycles. The summed E-state index contributed by atoms with van der Waals surface area (Å²) in [5.41, 5.74) is -1.21. The smallest absolute Gasteiger partial charge is 0.444 e. The van der Waals surface area contributed by atoms with Gasteiger partial charge >= 0.3 is 13.2 Å². The Morgan fingerprint density at radius 1 is 1.19 bits per heavy atom. The van der Waals surface area contributed by atoms with Gasteiger partial charge in [0.25, 0.3) is 0 Å². The van der Waals surface area contributed by atoms with Gasteiger partial charge in [0.05, 0.1) is 17.0 Å². The van der Waals surface area contributed by atoms with Crippen LogP contribution in [-0.4, -0.2) is 84.1 Å². The minimum absolute atomic E-state index is 0.180. The summed E-state index contributed by atoms with van der Waals surface area (Å²) in [5.74, 6) is -0.737. The molecule has 1 aromatic rings. The third kappa shape index (κ3) is 7.20. The van der Waals surface area contributed by atoms with Gasteiger partial charge in [0.15, 0.2) is 0 Å². The van der Waals surface area contributed by atoms with Crippen molar-refractivity contribution in [1.29, 1.82) is 0 Å². The van der Waals surface area contributed by atoms with E-state index in [-0.39, 0.29) is 29.3 Å². The maximum Gasteiger partial charge on any atom is 0.498 e. The van der Waals surface area contributed by atoms with Crippen LogP contribution in [0.15, 0.2) is 17.6 Å². The van der Waals surface area contributed by atoms with Crippen LogP contribution in [0.25, 0.3) is 0 Å². The zero-order valence-electron chi connectivity index (χ0n) is 23.0. The molecule has 2 atom stereocenters. The van der Waals surface area contributed by atoms with Gasteiger partial charge in [-0.2, -0.15) is 0 Å². The Morgan fingerprint density at radius 3 is 2.30 bits per heavy atom. The topological polar surface area (TPSA) is 137 Å². The van der Waals surface area contributed by atoms with Gasteiger partial charge in [-0.1, -0.05) is 0 Å². The van der Waals surface area contributed by atoms with Gasteiger partial charge in [-0.15, -0.1) is 0 Å². The number of hydrogen-bond donors (Lipinski definition) is 1. The number of rotatable bonds is 6. The van der Waals surface area contributed by atoms with Crippen molar-refractivity contribution in [2.75, 3.05) is 18.8 Å². The molecule has 1 N–H and O–H groups in total. The van der Waals surface area contributed by atoms with Crippen LogP contribution in [0.5, 0.6) is 0 Å². The fourth-order valence-corrected chi connectivity index (χ4v) is 5.66. The lowest BCUT2D eigenvalue weighted by atomic mass is 9.81. The SMILES string of the molecule is C[C@H](NC(=O)OC(C)(C)C)C(=O)N1CCC[C@H](CS(=O)(=O)c2ncc(B3OC(C)(C)C(C)(C)O3)cn2)C1. The van der Waals surface area contributed by atoms with Crippen molar-refractivity contribution in [2.45, 2.75) is 96.2 Å². The van der Waals surface area contributed by atoms with Crippen LogP contribution in [0, 0.1) is 5.92 Å². The molecule has 206 valence electrons. The van der Waals surface area contributed by atoms with Crippen LogP contribution in [0.1, 0.15) is 68.2 Å². The molecule has 2 saturated heterocycles. The number of sulfone groups is 1. The molecule has 2 fully saturated rings. The zero-order valence-corrected chi connectivity index (χ0v) is 23.8. The Bertz CT molecular complexity index is 1090. The van der Waals surface area contributed by atoms with Gasteiger partial charge in [-0.25, -0.2) is 23.2 Å². The van der Waals surface area contributed by atoms with Crippen LogP contribution in [0.4, 0.5) is 4.79 Å². The minimum atomic E-state index is -3.79. The van der Waals surface area contributed by atoms with Gasteiger partial charge in [-0.3, -0.25) is 4.79 Å². The van der Waals surface area contributed by atoms with E-state index in [1.807, 2.05) is 27.7 Å². The Hall–Kier alpha value is -2.25. The monoisotopic (exact) mass is 538 g/mol. The lowest BCUT2D eigenvalue weighted by Gasteiger charge is -2.34. The average Bonchev–Trinajstić information content (AvgIpc) is 2.98. The fourth-order valence-electron chi connectivity index (χ4n) is 4.19. The van der Waals surface area contributed by atoms with Crippen LogP contribution in [0.2, 0.25) is 0 Å². The van der Waals surface area contributed by atoms with E-state index >= 15 is 0 Å². The summed E-state index contributed by atoms with van der Waals surface area (Å²) in [5, 5.41) is 2.28. The van der Waals surface area contributed by atoms with Crippen molar-refractivity contribution in [3.05, 3.63) is 12.4 Å². The van der Waals surface area contributed by atoms with Crippen molar-refractivity contribution in [2.24, 2.45) is 5.92 Å². The summed E-state index contributed by atoms with van der Waals surface area (Å²) < 4.78 is 43.3. The second-order valence-electron chi connectivity index (χ2n) is 11.8. The molecular weight excluding hydrogens is 499 g/mol. The highest BCUT2D eigenvalue weighted by molar-refractivity contribution is 7.91. The van der Waals surface area contributed by atoms with Crippen molar-refractivity contribution < 1.29 is 32.1 Å². The molecule has 0 bridgehead atoms. The number of alkyl carbamates (subject to hydrolysis) is 1. The zero-order chi connectivity index (χ0) is 27.8. The van der Waals surface area contributed by atoms with E-state index in [0.29, 0.717) is 24.8 Å². The first-order chi connectivity index (χ1) is 16.9. The van der Waals surface area contributed by atoms with E-state index in [1.165, 1.54) is 12.4 Å². The van der Waals surface area contributed by atoms with Crippen molar-refractivity contribution in [3.8, 4) is 0 Å². The summed E-state index contributed by atoms with van der Waals surface area (Å²) in [7, 11) is -4.47. The number of piperidine rings is 1. The molecule has 37 heavy (non-hydrogen) atoms. The molecule has 0 aromatic carbocycles. The largest absolute Gasteiger partial charge is 0.498 e. The highest BCUT2D eigenvalue weighted by Crippen LogP contribution is 2.36. The molecule has 3 rings (SSSR count). The van der Waals surface area contributed by atoms with Crippen molar-refractivity contribution >= 4 is 34.4 Å². The summed E-state index contributed by atoms with van der Waals surface area (Å²) in [6.45, 7) is 15.3. The predicted molar refractivity (Wildman–Crippen MR) is 138 cm³/mol. The fraction of sp³-hybridized carbons (Fsp3) is 0.750.